The van der Waals surface area contributed by atoms with Gasteiger partial charge < -0.3 is 33.3 Å². The molecule has 0 rings (SSSR count). The average Bonchev–Trinajstić information content (AvgIpc) is 3.22. The van der Waals surface area contributed by atoms with Crippen LogP contribution < -0.4 is 5.11 Å². The maximum absolute atomic E-state index is 12.8. The molecule has 0 radical (unpaired) electrons. The Labute approximate surface area is 376 Å². The fourth-order valence-electron chi connectivity index (χ4n) is 7.21. The summed E-state index contributed by atoms with van der Waals surface area (Å²) in [6.45, 7) is 4.73. The lowest BCUT2D eigenvalue weighted by Crippen LogP contribution is -2.44. The Hall–Kier alpha value is -2.23. The Balaban J connectivity index is 4.30. The molecule has 0 spiro atoms. The maximum Gasteiger partial charge on any atom is 0.306 e. The summed E-state index contributed by atoms with van der Waals surface area (Å²) in [4.78, 5) is 37.1. The van der Waals surface area contributed by atoms with Crippen molar-refractivity contribution in [1.29, 1.82) is 0 Å². The van der Waals surface area contributed by atoms with Crippen molar-refractivity contribution in [2.24, 2.45) is 0 Å². The van der Waals surface area contributed by atoms with Gasteiger partial charge in [-0.15, -0.1) is 0 Å². The van der Waals surface area contributed by atoms with Gasteiger partial charge in [-0.1, -0.05) is 199 Å². The second kappa shape index (κ2) is 44.4. The van der Waals surface area contributed by atoms with Gasteiger partial charge in [-0.3, -0.25) is 9.59 Å². The van der Waals surface area contributed by atoms with Crippen LogP contribution in [0.25, 0.3) is 0 Å². The monoisotopic (exact) mass is 864 g/mol. The number of nitrogens with zero attached hydrogens (tertiary/aromatic N) is 1. The Morgan fingerprint density at radius 3 is 1.33 bits per heavy atom. The van der Waals surface area contributed by atoms with E-state index in [1.807, 2.05) is 21.1 Å². The Bertz CT molecular complexity index is 1050. The van der Waals surface area contributed by atoms with E-state index in [0.717, 1.165) is 57.8 Å². The molecule has 0 saturated heterocycles. The molecule has 9 heteroatoms. The zero-order valence-electron chi connectivity index (χ0n) is 40.5. The molecule has 61 heavy (non-hydrogen) atoms. The van der Waals surface area contributed by atoms with Crippen molar-refractivity contribution in [3.63, 3.8) is 0 Å². The molecule has 2 atom stereocenters. The molecule has 0 aliphatic rings. The fraction of sp³-hybridized carbons (Fsp3) is 0.865. The molecule has 0 aromatic rings. The van der Waals surface area contributed by atoms with Crippen LogP contribution in [-0.4, -0.2) is 82.3 Å². The van der Waals surface area contributed by atoms with E-state index in [1.165, 1.54) is 141 Å². The highest BCUT2D eigenvalue weighted by Gasteiger charge is 2.22. The van der Waals surface area contributed by atoms with Gasteiger partial charge in [0.1, 0.15) is 13.2 Å². The molecule has 0 amide bonds. The van der Waals surface area contributed by atoms with Gasteiger partial charge in [0.05, 0.1) is 40.3 Å². The summed E-state index contributed by atoms with van der Waals surface area (Å²) < 4.78 is 22.6. The molecule has 0 aromatic heterocycles. The SMILES string of the molecule is CCCCC/C=C\C/C=C\CCCCCCCC(=O)OC(COC(=O)CCCCCCCCCCCCCCCCCCCCCCC)COC(OCC[N+](C)(C)C)C(=O)[O-]. The molecule has 0 heterocycles. The smallest absolute Gasteiger partial charge is 0.306 e. The number of hydrogen-bond donors (Lipinski definition) is 0. The number of carbonyl (C=O) groups is 3. The number of allylic oxidation sites excluding steroid dienone is 4. The van der Waals surface area contributed by atoms with E-state index >= 15 is 0 Å². The first-order chi connectivity index (χ1) is 29.6. The number of quaternary nitrogens is 1. The first-order valence-electron chi connectivity index (χ1n) is 25.5. The van der Waals surface area contributed by atoms with Gasteiger partial charge in [0, 0.05) is 12.8 Å². The van der Waals surface area contributed by atoms with Gasteiger partial charge in [-0.25, -0.2) is 0 Å². The van der Waals surface area contributed by atoms with E-state index < -0.39 is 24.3 Å². The quantitative estimate of drug-likeness (QED) is 0.0195. The first kappa shape index (κ1) is 58.8. The molecular weight excluding hydrogens is 767 g/mol. The van der Waals surface area contributed by atoms with Gasteiger partial charge in [0.25, 0.3) is 0 Å². The number of carboxylic acid groups (broad SMARTS) is 1. The van der Waals surface area contributed by atoms with E-state index in [2.05, 4.69) is 38.2 Å². The van der Waals surface area contributed by atoms with Crippen LogP contribution in [0, 0.1) is 0 Å². The number of unbranched alkanes of at least 4 members (excludes halogenated alkanes) is 28. The average molecular weight is 864 g/mol. The zero-order valence-corrected chi connectivity index (χ0v) is 40.5. The van der Waals surface area contributed by atoms with Gasteiger partial charge in [0.2, 0.25) is 0 Å². The Morgan fingerprint density at radius 2 is 0.885 bits per heavy atom. The molecular formula is C52H97NO8. The van der Waals surface area contributed by atoms with Gasteiger partial charge in [-0.05, 0) is 44.9 Å². The van der Waals surface area contributed by atoms with Crippen molar-refractivity contribution >= 4 is 17.9 Å². The number of hydrogen-bond acceptors (Lipinski definition) is 8. The fourth-order valence-corrected chi connectivity index (χ4v) is 7.21. The molecule has 0 aliphatic heterocycles. The predicted molar refractivity (Wildman–Crippen MR) is 251 cm³/mol. The van der Waals surface area contributed by atoms with Gasteiger partial charge in [0.15, 0.2) is 12.4 Å². The molecule has 0 saturated carbocycles. The maximum atomic E-state index is 12.8. The van der Waals surface area contributed by atoms with Crippen LogP contribution in [0.5, 0.6) is 0 Å². The minimum atomic E-state index is -1.62. The molecule has 9 nitrogen and oxygen atoms in total. The summed E-state index contributed by atoms with van der Waals surface area (Å²) in [6.07, 6.45) is 46.4. The minimum Gasteiger partial charge on any atom is -0.545 e. The summed E-state index contributed by atoms with van der Waals surface area (Å²) >= 11 is 0. The molecule has 0 aromatic carbocycles. The van der Waals surface area contributed by atoms with Crippen LogP contribution in [0.4, 0.5) is 0 Å². The second-order valence-electron chi connectivity index (χ2n) is 18.5. The normalized spacial score (nSPS) is 13.0. The van der Waals surface area contributed by atoms with Crippen LogP contribution in [-0.2, 0) is 33.3 Å². The van der Waals surface area contributed by atoms with E-state index in [-0.39, 0.29) is 32.2 Å². The number of carbonyl (C=O) groups excluding carboxylic acids is 3. The number of esters is 2. The van der Waals surface area contributed by atoms with E-state index in [4.69, 9.17) is 18.9 Å². The van der Waals surface area contributed by atoms with Gasteiger partial charge in [-0.2, -0.15) is 0 Å². The lowest BCUT2D eigenvalue weighted by atomic mass is 10.0. The summed E-state index contributed by atoms with van der Waals surface area (Å²) in [7, 11) is 5.91. The van der Waals surface area contributed by atoms with Crippen molar-refractivity contribution in [2.45, 2.75) is 245 Å². The number of likely N-dealkylation sites (N-methyl/N-ethyl adjacent to an activating group) is 1. The number of ether oxygens (including phenoxy) is 4. The summed E-state index contributed by atoms with van der Waals surface area (Å²) in [6, 6.07) is 0. The predicted octanol–water partition coefficient (Wildman–Crippen LogP) is 12.7. The van der Waals surface area contributed by atoms with E-state index in [9.17, 15) is 19.5 Å². The molecule has 0 bridgehead atoms. The summed E-state index contributed by atoms with van der Waals surface area (Å²) in [5, 5.41) is 11.7. The third-order valence-electron chi connectivity index (χ3n) is 11.2. The summed E-state index contributed by atoms with van der Waals surface area (Å²) in [5.74, 6) is -2.29. The topological polar surface area (TPSA) is 111 Å². The Kier molecular flexibility index (Phi) is 42.8. The highest BCUT2D eigenvalue weighted by atomic mass is 16.7. The van der Waals surface area contributed by atoms with Crippen LogP contribution in [0.15, 0.2) is 24.3 Å². The van der Waals surface area contributed by atoms with Crippen LogP contribution in [0.1, 0.15) is 232 Å². The summed E-state index contributed by atoms with van der Waals surface area (Å²) in [5.41, 5.74) is 0. The van der Waals surface area contributed by atoms with Crippen LogP contribution >= 0.6 is 0 Å². The highest BCUT2D eigenvalue weighted by Crippen LogP contribution is 2.16. The van der Waals surface area contributed by atoms with E-state index in [0.29, 0.717) is 23.9 Å². The van der Waals surface area contributed by atoms with Crippen molar-refractivity contribution in [3.8, 4) is 0 Å². The number of aliphatic carboxylic acids is 1. The van der Waals surface area contributed by atoms with Crippen molar-refractivity contribution in [2.75, 3.05) is 47.5 Å². The molecule has 0 fully saturated rings. The lowest BCUT2D eigenvalue weighted by Gasteiger charge is -2.26. The number of carboxylic acids is 1. The third-order valence-corrected chi connectivity index (χ3v) is 11.2. The molecule has 0 aliphatic carbocycles. The lowest BCUT2D eigenvalue weighted by molar-refractivity contribution is -0.870. The zero-order chi connectivity index (χ0) is 44.9. The first-order valence-corrected chi connectivity index (χ1v) is 25.5. The van der Waals surface area contributed by atoms with Gasteiger partial charge >= 0.3 is 11.9 Å². The van der Waals surface area contributed by atoms with Crippen LogP contribution in [0.3, 0.4) is 0 Å². The molecule has 358 valence electrons. The highest BCUT2D eigenvalue weighted by molar-refractivity contribution is 5.70. The molecule has 0 N–H and O–H groups in total. The molecule has 2 unspecified atom stereocenters. The number of rotatable bonds is 47. The van der Waals surface area contributed by atoms with Crippen molar-refractivity contribution in [1.82, 2.24) is 0 Å². The minimum absolute atomic E-state index is 0.147. The van der Waals surface area contributed by atoms with Crippen molar-refractivity contribution in [3.05, 3.63) is 24.3 Å². The second-order valence-corrected chi connectivity index (χ2v) is 18.5. The van der Waals surface area contributed by atoms with E-state index in [1.54, 1.807) is 0 Å². The van der Waals surface area contributed by atoms with Crippen molar-refractivity contribution < 1.29 is 42.9 Å². The largest absolute Gasteiger partial charge is 0.545 e. The third kappa shape index (κ3) is 45.6. The van der Waals surface area contributed by atoms with Crippen LogP contribution in [0.2, 0.25) is 0 Å². The Morgan fingerprint density at radius 1 is 0.492 bits per heavy atom. The standard InChI is InChI=1S/C52H97NO8/c1-6-8-10-12-14-16-18-20-22-23-24-25-26-27-29-30-32-34-36-38-40-42-49(54)59-46-48(47-60-52(51(56)57)58-45-44-53(3,4)5)61-50(55)43-41-39-37-35-33-31-28-21-19-17-15-13-11-9-7-2/h15,17,21,28,48,52H,6-14,16,18-20,22-27,29-47H2,1-5H3/b17-15-,28-21-.